The molecule has 0 aliphatic carbocycles. The van der Waals surface area contributed by atoms with Crippen molar-refractivity contribution < 1.29 is 18.3 Å². The molecule has 0 aromatic heterocycles. The van der Waals surface area contributed by atoms with Gasteiger partial charge in [0, 0.05) is 5.56 Å². The van der Waals surface area contributed by atoms with E-state index in [0.717, 1.165) is 0 Å². The Morgan fingerprint density at radius 3 is 2.00 bits per heavy atom. The lowest BCUT2D eigenvalue weighted by molar-refractivity contribution is 0.396. The fraction of sp³-hybridized carbons (Fsp3) is 0. The van der Waals surface area contributed by atoms with Crippen LogP contribution in [0.4, 0.5) is 13.2 Å². The molecule has 12 heavy (non-hydrogen) atoms. The van der Waals surface area contributed by atoms with E-state index in [1.807, 2.05) is 0 Å². The van der Waals surface area contributed by atoms with Gasteiger partial charge in [-0.15, -0.1) is 0 Å². The van der Waals surface area contributed by atoms with E-state index in [1.54, 1.807) is 0 Å². The standard InChI is InChI=1S/C8H5F3O/c1-4(9)5-2-6(10)8(12)7(11)3-5/h2-3,12H,1H2. The summed E-state index contributed by atoms with van der Waals surface area (Å²) in [5.74, 6) is -4.47. The third-order valence-corrected chi connectivity index (χ3v) is 1.33. The van der Waals surface area contributed by atoms with Crippen LogP contribution in [0.1, 0.15) is 5.56 Å². The lowest BCUT2D eigenvalue weighted by atomic mass is 10.2. The summed E-state index contributed by atoms with van der Waals surface area (Å²) in [6.45, 7) is 2.86. The molecule has 0 aliphatic heterocycles. The number of phenolic OH excluding ortho intramolecular Hbond substituents is 1. The van der Waals surface area contributed by atoms with Crippen LogP contribution in [0.15, 0.2) is 18.7 Å². The summed E-state index contributed by atoms with van der Waals surface area (Å²) < 4.78 is 37.3. The maximum Gasteiger partial charge on any atom is 0.187 e. The largest absolute Gasteiger partial charge is 0.503 e. The van der Waals surface area contributed by atoms with E-state index in [4.69, 9.17) is 5.11 Å². The number of hydrogen-bond donors (Lipinski definition) is 1. The van der Waals surface area contributed by atoms with Gasteiger partial charge < -0.3 is 5.11 Å². The fourth-order valence-electron chi connectivity index (χ4n) is 0.722. The quantitative estimate of drug-likeness (QED) is 0.693. The van der Waals surface area contributed by atoms with Crippen molar-refractivity contribution in [2.75, 3.05) is 0 Å². The molecule has 0 heterocycles. The molecule has 0 atom stereocenters. The van der Waals surface area contributed by atoms with Crippen LogP contribution in [0, 0.1) is 11.6 Å². The average molecular weight is 174 g/mol. The second-order valence-electron chi connectivity index (χ2n) is 2.19. The minimum absolute atomic E-state index is 0.317. The van der Waals surface area contributed by atoms with Gasteiger partial charge in [-0.25, -0.2) is 13.2 Å². The highest BCUT2D eigenvalue weighted by atomic mass is 19.1. The molecule has 0 aliphatic rings. The van der Waals surface area contributed by atoms with E-state index in [-0.39, 0.29) is 5.56 Å². The van der Waals surface area contributed by atoms with Crippen molar-refractivity contribution in [3.63, 3.8) is 0 Å². The highest BCUT2D eigenvalue weighted by Gasteiger charge is 2.10. The summed E-state index contributed by atoms with van der Waals surface area (Å²) >= 11 is 0. The Hall–Kier alpha value is -1.45. The molecule has 1 nitrogen and oxygen atoms in total. The molecule has 0 radical (unpaired) electrons. The van der Waals surface area contributed by atoms with Crippen molar-refractivity contribution in [2.24, 2.45) is 0 Å². The zero-order chi connectivity index (χ0) is 9.30. The Kier molecular flexibility index (Phi) is 2.08. The van der Waals surface area contributed by atoms with Gasteiger partial charge in [0.2, 0.25) is 0 Å². The van der Waals surface area contributed by atoms with Crippen molar-refractivity contribution in [2.45, 2.75) is 0 Å². The van der Waals surface area contributed by atoms with Crippen LogP contribution in [0.2, 0.25) is 0 Å². The molecule has 0 unspecified atom stereocenters. The topological polar surface area (TPSA) is 20.2 Å². The Bertz CT molecular complexity index is 310. The van der Waals surface area contributed by atoms with Crippen molar-refractivity contribution in [3.05, 3.63) is 35.9 Å². The zero-order valence-electron chi connectivity index (χ0n) is 5.94. The van der Waals surface area contributed by atoms with Gasteiger partial charge in [-0.1, -0.05) is 6.58 Å². The smallest absolute Gasteiger partial charge is 0.187 e. The lowest BCUT2D eigenvalue weighted by Gasteiger charge is -2.00. The first kappa shape index (κ1) is 8.64. The van der Waals surface area contributed by atoms with E-state index in [2.05, 4.69) is 6.58 Å². The van der Waals surface area contributed by atoms with Gasteiger partial charge in [0.1, 0.15) is 5.83 Å². The zero-order valence-corrected chi connectivity index (χ0v) is 5.94. The lowest BCUT2D eigenvalue weighted by Crippen LogP contribution is -1.86. The number of halogens is 3. The number of rotatable bonds is 1. The summed E-state index contributed by atoms with van der Waals surface area (Å²) in [4.78, 5) is 0. The molecule has 0 spiro atoms. The fourth-order valence-corrected chi connectivity index (χ4v) is 0.722. The molecule has 0 saturated carbocycles. The molecule has 64 valence electrons. The minimum Gasteiger partial charge on any atom is -0.503 e. The highest BCUT2D eigenvalue weighted by molar-refractivity contribution is 5.57. The normalized spacial score (nSPS) is 9.92. The van der Waals surface area contributed by atoms with Gasteiger partial charge in [0.15, 0.2) is 17.4 Å². The van der Waals surface area contributed by atoms with Gasteiger partial charge in [-0.05, 0) is 12.1 Å². The van der Waals surface area contributed by atoms with Crippen molar-refractivity contribution >= 4 is 5.83 Å². The number of phenols is 1. The Balaban J connectivity index is 3.31. The monoisotopic (exact) mass is 174 g/mol. The van der Waals surface area contributed by atoms with Crippen LogP contribution in [0.25, 0.3) is 5.83 Å². The molecule has 1 aromatic rings. The number of hydrogen-bond acceptors (Lipinski definition) is 1. The first-order valence-electron chi connectivity index (χ1n) is 3.05. The van der Waals surface area contributed by atoms with E-state index in [1.165, 1.54) is 0 Å². The third kappa shape index (κ3) is 1.42. The van der Waals surface area contributed by atoms with E-state index in [9.17, 15) is 13.2 Å². The summed E-state index contributed by atoms with van der Waals surface area (Å²) in [5.41, 5.74) is -0.317. The van der Waals surface area contributed by atoms with Crippen molar-refractivity contribution in [1.29, 1.82) is 0 Å². The Morgan fingerprint density at radius 1 is 1.25 bits per heavy atom. The molecule has 0 saturated heterocycles. The molecule has 0 fully saturated rings. The minimum atomic E-state index is -1.20. The molecular formula is C8H5F3O. The summed E-state index contributed by atoms with van der Waals surface area (Å²) in [5, 5.41) is 8.61. The molecule has 0 bridgehead atoms. The van der Waals surface area contributed by atoms with Gasteiger partial charge in [-0.2, -0.15) is 0 Å². The van der Waals surface area contributed by atoms with E-state index < -0.39 is 23.2 Å². The van der Waals surface area contributed by atoms with Crippen molar-refractivity contribution in [1.82, 2.24) is 0 Å². The third-order valence-electron chi connectivity index (χ3n) is 1.33. The SMILES string of the molecule is C=C(F)c1cc(F)c(O)c(F)c1. The Morgan fingerprint density at radius 2 is 1.67 bits per heavy atom. The van der Waals surface area contributed by atoms with E-state index >= 15 is 0 Å². The molecule has 1 aromatic carbocycles. The maximum atomic E-state index is 12.5. The second-order valence-corrected chi connectivity index (χ2v) is 2.19. The molecule has 1 N–H and O–H groups in total. The summed E-state index contributed by atoms with van der Waals surface area (Å²) in [6.07, 6.45) is 0. The molecule has 1 rings (SSSR count). The van der Waals surface area contributed by atoms with Crippen LogP contribution in [-0.2, 0) is 0 Å². The van der Waals surface area contributed by atoms with Crippen LogP contribution >= 0.6 is 0 Å². The predicted molar refractivity (Wildman–Crippen MR) is 38.2 cm³/mol. The van der Waals surface area contributed by atoms with Crippen LogP contribution in [-0.4, -0.2) is 5.11 Å². The van der Waals surface area contributed by atoms with Gasteiger partial charge >= 0.3 is 0 Å². The van der Waals surface area contributed by atoms with Gasteiger partial charge in [0.25, 0.3) is 0 Å². The predicted octanol–water partition coefficient (Wildman–Crippen LogP) is 2.61. The van der Waals surface area contributed by atoms with Crippen molar-refractivity contribution in [3.8, 4) is 5.75 Å². The number of benzene rings is 1. The van der Waals surface area contributed by atoms with Crippen LogP contribution in [0.3, 0.4) is 0 Å². The number of aromatic hydroxyl groups is 1. The first-order chi connectivity index (χ1) is 5.52. The molecule has 4 heteroatoms. The van der Waals surface area contributed by atoms with Crippen LogP contribution < -0.4 is 0 Å². The van der Waals surface area contributed by atoms with Crippen LogP contribution in [0.5, 0.6) is 5.75 Å². The van der Waals surface area contributed by atoms with Gasteiger partial charge in [0.05, 0.1) is 0 Å². The average Bonchev–Trinajstić information content (AvgIpc) is 1.99. The van der Waals surface area contributed by atoms with E-state index in [0.29, 0.717) is 12.1 Å². The molecular weight excluding hydrogens is 169 g/mol. The highest BCUT2D eigenvalue weighted by Crippen LogP contribution is 2.24. The summed E-state index contributed by atoms with van der Waals surface area (Å²) in [7, 11) is 0. The summed E-state index contributed by atoms with van der Waals surface area (Å²) in [6, 6.07) is 1.33. The Labute approximate surface area is 66.8 Å². The van der Waals surface area contributed by atoms with Gasteiger partial charge in [-0.3, -0.25) is 0 Å². The second kappa shape index (κ2) is 2.89. The maximum absolute atomic E-state index is 12.5. The molecule has 0 amide bonds. The first-order valence-corrected chi connectivity index (χ1v) is 3.05.